The van der Waals surface area contributed by atoms with Gasteiger partial charge in [0, 0.05) is 30.6 Å². The van der Waals surface area contributed by atoms with E-state index in [9.17, 15) is 14.0 Å². The molecule has 30 heavy (non-hydrogen) atoms. The van der Waals surface area contributed by atoms with Crippen molar-refractivity contribution >= 4 is 28.6 Å². The summed E-state index contributed by atoms with van der Waals surface area (Å²) in [5.74, 6) is -0.704. The maximum atomic E-state index is 13.6. The number of amides is 1. The van der Waals surface area contributed by atoms with Crippen molar-refractivity contribution in [3.8, 4) is 11.3 Å². The van der Waals surface area contributed by atoms with Gasteiger partial charge in [0.2, 0.25) is 5.91 Å². The number of aryl methyl sites for hydroxylation is 1. The van der Waals surface area contributed by atoms with Crippen LogP contribution in [0.4, 0.5) is 4.39 Å². The second kappa shape index (κ2) is 8.46. The molecule has 7 nitrogen and oxygen atoms in total. The molecule has 0 aliphatic rings. The SMILES string of the molecule is O=C(CCn1cnc2onc(-c3ccccc3Cl)c2c1=O)NCc1ccccc1F. The third kappa shape index (κ3) is 3.95. The van der Waals surface area contributed by atoms with E-state index in [0.29, 0.717) is 21.8 Å². The molecule has 0 spiro atoms. The lowest BCUT2D eigenvalue weighted by Gasteiger charge is -2.08. The number of nitrogens with zero attached hydrogens (tertiary/aromatic N) is 3. The van der Waals surface area contributed by atoms with Crippen LogP contribution in [0.2, 0.25) is 5.02 Å². The van der Waals surface area contributed by atoms with Crippen LogP contribution < -0.4 is 10.9 Å². The molecule has 0 saturated carbocycles. The molecule has 0 radical (unpaired) electrons. The standard InChI is InChI=1S/C21H16ClFN4O3/c22-15-7-3-2-6-14(15)19-18-20(30-26-19)25-12-27(21(18)29)10-9-17(28)24-11-13-5-1-4-8-16(13)23/h1-8,12H,9-11H2,(H,24,28). The van der Waals surface area contributed by atoms with Crippen LogP contribution in [-0.4, -0.2) is 20.6 Å². The van der Waals surface area contributed by atoms with Crippen molar-refractivity contribution in [2.24, 2.45) is 0 Å². The number of halogens is 2. The third-order valence-electron chi connectivity index (χ3n) is 4.61. The zero-order valence-electron chi connectivity index (χ0n) is 15.6. The first-order chi connectivity index (χ1) is 14.5. The minimum absolute atomic E-state index is 0.0221. The van der Waals surface area contributed by atoms with Gasteiger partial charge in [-0.3, -0.25) is 14.2 Å². The lowest BCUT2D eigenvalue weighted by atomic mass is 10.1. The molecular weight excluding hydrogens is 411 g/mol. The van der Waals surface area contributed by atoms with E-state index in [1.807, 2.05) is 0 Å². The van der Waals surface area contributed by atoms with Crippen LogP contribution in [0.25, 0.3) is 22.4 Å². The number of benzene rings is 2. The molecule has 0 unspecified atom stereocenters. The molecule has 0 bridgehead atoms. The fourth-order valence-corrected chi connectivity index (χ4v) is 3.25. The Morgan fingerprint density at radius 2 is 1.93 bits per heavy atom. The summed E-state index contributed by atoms with van der Waals surface area (Å²) >= 11 is 6.22. The minimum Gasteiger partial charge on any atom is -0.352 e. The quantitative estimate of drug-likeness (QED) is 0.509. The topological polar surface area (TPSA) is 90.0 Å². The number of hydrogen-bond acceptors (Lipinski definition) is 5. The number of carbonyl (C=O) groups is 1. The number of aromatic nitrogens is 3. The maximum Gasteiger partial charge on any atom is 0.266 e. The first-order valence-corrected chi connectivity index (χ1v) is 9.52. The molecule has 9 heteroatoms. The predicted molar refractivity (Wildman–Crippen MR) is 109 cm³/mol. The van der Waals surface area contributed by atoms with Crippen LogP contribution in [0.15, 0.2) is 64.2 Å². The highest BCUT2D eigenvalue weighted by atomic mass is 35.5. The largest absolute Gasteiger partial charge is 0.352 e. The average molecular weight is 427 g/mol. The summed E-state index contributed by atoms with van der Waals surface area (Å²) in [6.45, 7) is 0.165. The maximum absolute atomic E-state index is 13.6. The van der Waals surface area contributed by atoms with Gasteiger partial charge in [-0.25, -0.2) is 9.37 Å². The molecule has 4 rings (SSSR count). The smallest absolute Gasteiger partial charge is 0.266 e. The first kappa shape index (κ1) is 19.8. The Labute approximate surface area is 175 Å². The van der Waals surface area contributed by atoms with Crippen LogP contribution in [0.3, 0.4) is 0 Å². The lowest BCUT2D eigenvalue weighted by molar-refractivity contribution is -0.121. The van der Waals surface area contributed by atoms with E-state index in [2.05, 4.69) is 15.5 Å². The van der Waals surface area contributed by atoms with Crippen LogP contribution in [-0.2, 0) is 17.9 Å². The zero-order valence-corrected chi connectivity index (χ0v) is 16.4. The monoisotopic (exact) mass is 426 g/mol. The molecule has 2 aromatic heterocycles. The van der Waals surface area contributed by atoms with Crippen LogP contribution >= 0.6 is 11.6 Å². The van der Waals surface area contributed by atoms with E-state index in [1.54, 1.807) is 42.5 Å². The molecule has 0 aliphatic heterocycles. The summed E-state index contributed by atoms with van der Waals surface area (Å²) in [6.07, 6.45) is 1.32. The molecule has 2 heterocycles. The van der Waals surface area contributed by atoms with E-state index >= 15 is 0 Å². The molecule has 1 N–H and O–H groups in total. The number of carbonyl (C=O) groups excluding carboxylic acids is 1. The van der Waals surface area contributed by atoms with Crippen molar-refractivity contribution in [3.63, 3.8) is 0 Å². The van der Waals surface area contributed by atoms with Gasteiger partial charge in [0.15, 0.2) is 0 Å². The molecular formula is C21H16ClFN4O3. The Hall–Kier alpha value is -3.52. The van der Waals surface area contributed by atoms with Crippen molar-refractivity contribution in [2.75, 3.05) is 0 Å². The van der Waals surface area contributed by atoms with Gasteiger partial charge in [0.05, 0.1) is 5.02 Å². The van der Waals surface area contributed by atoms with Crippen molar-refractivity contribution in [2.45, 2.75) is 19.5 Å². The van der Waals surface area contributed by atoms with E-state index < -0.39 is 5.56 Å². The zero-order chi connectivity index (χ0) is 21.1. The molecule has 152 valence electrons. The normalized spacial score (nSPS) is 11.0. The molecule has 0 atom stereocenters. The van der Waals surface area contributed by atoms with Crippen LogP contribution in [0.1, 0.15) is 12.0 Å². The third-order valence-corrected chi connectivity index (χ3v) is 4.94. The number of rotatable bonds is 6. The van der Waals surface area contributed by atoms with Gasteiger partial charge < -0.3 is 9.84 Å². The minimum atomic E-state index is -0.391. The number of fused-ring (bicyclic) bond motifs is 1. The van der Waals surface area contributed by atoms with E-state index in [1.165, 1.54) is 17.0 Å². The van der Waals surface area contributed by atoms with Crippen LogP contribution in [0.5, 0.6) is 0 Å². The van der Waals surface area contributed by atoms with Gasteiger partial charge in [-0.1, -0.05) is 53.2 Å². The van der Waals surface area contributed by atoms with Gasteiger partial charge in [0.1, 0.15) is 23.2 Å². The van der Waals surface area contributed by atoms with Crippen molar-refractivity contribution in [1.82, 2.24) is 20.0 Å². The summed E-state index contributed by atoms with van der Waals surface area (Å²) in [5, 5.41) is 7.21. The van der Waals surface area contributed by atoms with E-state index in [4.69, 9.17) is 16.1 Å². The van der Waals surface area contributed by atoms with Crippen molar-refractivity contribution in [1.29, 1.82) is 0 Å². The number of nitrogens with one attached hydrogen (secondary N) is 1. The lowest BCUT2D eigenvalue weighted by Crippen LogP contribution is -2.27. The van der Waals surface area contributed by atoms with Crippen molar-refractivity contribution in [3.05, 3.63) is 81.6 Å². The molecule has 2 aromatic carbocycles. The molecule has 0 saturated heterocycles. The van der Waals surface area contributed by atoms with Gasteiger partial charge in [0.25, 0.3) is 11.3 Å². The second-order valence-electron chi connectivity index (χ2n) is 6.55. The Bertz CT molecular complexity index is 1280. The summed E-state index contributed by atoms with van der Waals surface area (Å²) < 4.78 is 20.1. The number of hydrogen-bond donors (Lipinski definition) is 1. The fraction of sp³-hybridized carbons (Fsp3) is 0.143. The van der Waals surface area contributed by atoms with Crippen LogP contribution in [0, 0.1) is 5.82 Å². The van der Waals surface area contributed by atoms with Gasteiger partial charge in [-0.2, -0.15) is 0 Å². The Balaban J connectivity index is 1.51. The highest BCUT2D eigenvalue weighted by Crippen LogP contribution is 2.30. The fourth-order valence-electron chi connectivity index (χ4n) is 3.02. The van der Waals surface area contributed by atoms with Gasteiger partial charge >= 0.3 is 0 Å². The van der Waals surface area contributed by atoms with E-state index in [0.717, 1.165) is 0 Å². The molecule has 0 fully saturated rings. The summed E-state index contributed by atoms with van der Waals surface area (Å²) in [4.78, 5) is 29.2. The van der Waals surface area contributed by atoms with Gasteiger partial charge in [-0.15, -0.1) is 0 Å². The summed E-state index contributed by atoms with van der Waals surface area (Å²) in [7, 11) is 0. The second-order valence-corrected chi connectivity index (χ2v) is 6.96. The molecule has 0 aliphatic carbocycles. The summed E-state index contributed by atoms with van der Waals surface area (Å²) in [6, 6.07) is 13.2. The van der Waals surface area contributed by atoms with Crippen molar-refractivity contribution < 1.29 is 13.7 Å². The molecule has 1 amide bonds. The summed E-state index contributed by atoms with van der Waals surface area (Å²) in [5.41, 5.74) is 0.942. The van der Waals surface area contributed by atoms with Gasteiger partial charge in [-0.05, 0) is 12.1 Å². The Kier molecular flexibility index (Phi) is 5.58. The first-order valence-electron chi connectivity index (χ1n) is 9.14. The average Bonchev–Trinajstić information content (AvgIpc) is 3.18. The highest BCUT2D eigenvalue weighted by molar-refractivity contribution is 6.33. The highest BCUT2D eigenvalue weighted by Gasteiger charge is 2.19. The predicted octanol–water partition coefficient (Wildman–Crippen LogP) is 3.55. The molecule has 4 aromatic rings. The Morgan fingerprint density at radius 1 is 1.17 bits per heavy atom. The van der Waals surface area contributed by atoms with E-state index in [-0.39, 0.29) is 42.3 Å². The Morgan fingerprint density at radius 3 is 2.73 bits per heavy atom.